The van der Waals surface area contributed by atoms with Crippen LogP contribution < -0.4 is 0 Å². The number of fused-ring (bicyclic) bond motifs is 1. The molecule has 0 atom stereocenters. The van der Waals surface area contributed by atoms with Gasteiger partial charge in [-0.25, -0.2) is 0 Å². The van der Waals surface area contributed by atoms with Gasteiger partial charge >= 0.3 is 0 Å². The van der Waals surface area contributed by atoms with E-state index in [9.17, 15) is 0 Å². The van der Waals surface area contributed by atoms with Crippen molar-refractivity contribution in [1.29, 1.82) is 0 Å². The molecule has 1 aromatic carbocycles. The molecule has 3 nitrogen and oxygen atoms in total. The van der Waals surface area contributed by atoms with Gasteiger partial charge in [-0.1, -0.05) is 29.4 Å². The van der Waals surface area contributed by atoms with Crippen LogP contribution in [0.2, 0.25) is 0 Å². The van der Waals surface area contributed by atoms with E-state index in [4.69, 9.17) is 4.52 Å². The van der Waals surface area contributed by atoms with Gasteiger partial charge in [0.2, 0.25) is 0 Å². The summed E-state index contributed by atoms with van der Waals surface area (Å²) in [6, 6.07) is 8.21. The lowest BCUT2D eigenvalue weighted by Gasteiger charge is -1.89. The molecule has 2 heterocycles. The lowest BCUT2D eigenvalue weighted by Crippen LogP contribution is -1.67. The van der Waals surface area contributed by atoms with Crippen molar-refractivity contribution in [3.05, 3.63) is 54.0 Å². The highest BCUT2D eigenvalue weighted by atomic mass is 16.5. The van der Waals surface area contributed by atoms with E-state index in [-0.39, 0.29) is 0 Å². The molecule has 0 fully saturated rings. The summed E-state index contributed by atoms with van der Waals surface area (Å²) in [5.74, 6) is 0. The molecule has 0 radical (unpaired) electrons. The third-order valence-corrected chi connectivity index (χ3v) is 2.53. The van der Waals surface area contributed by atoms with E-state index in [1.165, 1.54) is 5.39 Å². The third kappa shape index (κ3) is 1.52. The SMILES string of the molecule is C(=C\c1c[nH]c2ccccc12)/c1cnoc1. The fraction of sp³-hybridized carbons (Fsp3) is 0. The van der Waals surface area contributed by atoms with Crippen molar-refractivity contribution in [2.75, 3.05) is 0 Å². The first kappa shape index (κ1) is 8.97. The smallest absolute Gasteiger partial charge is 0.131 e. The minimum absolute atomic E-state index is 0.963. The zero-order valence-corrected chi connectivity index (χ0v) is 8.55. The summed E-state index contributed by atoms with van der Waals surface area (Å²) >= 11 is 0. The van der Waals surface area contributed by atoms with Crippen molar-refractivity contribution in [1.82, 2.24) is 10.1 Å². The van der Waals surface area contributed by atoms with Gasteiger partial charge in [0.1, 0.15) is 6.26 Å². The minimum Gasteiger partial charge on any atom is -0.364 e. The van der Waals surface area contributed by atoms with E-state index in [1.54, 1.807) is 12.5 Å². The maximum Gasteiger partial charge on any atom is 0.131 e. The van der Waals surface area contributed by atoms with E-state index >= 15 is 0 Å². The van der Waals surface area contributed by atoms with E-state index in [0.29, 0.717) is 0 Å². The van der Waals surface area contributed by atoms with Crippen LogP contribution >= 0.6 is 0 Å². The molecule has 0 saturated heterocycles. The topological polar surface area (TPSA) is 41.8 Å². The van der Waals surface area contributed by atoms with Gasteiger partial charge in [-0.3, -0.25) is 0 Å². The Kier molecular flexibility index (Phi) is 2.07. The quantitative estimate of drug-likeness (QED) is 0.704. The molecule has 3 heteroatoms. The molecule has 0 saturated carbocycles. The molecule has 78 valence electrons. The van der Waals surface area contributed by atoms with E-state index < -0.39 is 0 Å². The Labute approximate surface area is 92.4 Å². The zero-order valence-electron chi connectivity index (χ0n) is 8.55. The van der Waals surface area contributed by atoms with Crippen molar-refractivity contribution in [3.8, 4) is 0 Å². The minimum atomic E-state index is 0.963. The van der Waals surface area contributed by atoms with Crippen molar-refractivity contribution < 1.29 is 4.52 Å². The highest BCUT2D eigenvalue weighted by Gasteiger charge is 1.98. The van der Waals surface area contributed by atoms with Crippen LogP contribution in [-0.4, -0.2) is 10.1 Å². The van der Waals surface area contributed by atoms with Crippen molar-refractivity contribution in [2.45, 2.75) is 0 Å². The molecule has 1 N–H and O–H groups in total. The molecule has 0 amide bonds. The Bertz CT molecular complexity index is 620. The molecule has 0 aliphatic rings. The van der Waals surface area contributed by atoms with Crippen LogP contribution in [0.5, 0.6) is 0 Å². The second-order valence-corrected chi connectivity index (χ2v) is 3.58. The van der Waals surface area contributed by atoms with E-state index in [2.05, 4.69) is 22.3 Å². The Morgan fingerprint density at radius 2 is 2.12 bits per heavy atom. The van der Waals surface area contributed by atoms with Gasteiger partial charge in [-0.15, -0.1) is 0 Å². The second-order valence-electron chi connectivity index (χ2n) is 3.58. The fourth-order valence-corrected chi connectivity index (χ4v) is 1.71. The molecule has 0 unspecified atom stereocenters. The number of H-pyrrole nitrogens is 1. The number of aromatic nitrogens is 2. The van der Waals surface area contributed by atoms with Gasteiger partial charge in [0.15, 0.2) is 0 Å². The third-order valence-electron chi connectivity index (χ3n) is 2.53. The number of nitrogens with zero attached hydrogens (tertiary/aromatic N) is 1. The van der Waals surface area contributed by atoms with Gasteiger partial charge in [0.25, 0.3) is 0 Å². The molecular formula is C13H10N2O. The van der Waals surface area contributed by atoms with Crippen LogP contribution in [-0.2, 0) is 0 Å². The highest BCUT2D eigenvalue weighted by molar-refractivity contribution is 5.91. The van der Waals surface area contributed by atoms with Crippen LogP contribution in [0.15, 0.2) is 47.4 Å². The molecule has 0 aliphatic carbocycles. The van der Waals surface area contributed by atoms with Crippen LogP contribution in [0.3, 0.4) is 0 Å². The van der Waals surface area contributed by atoms with Gasteiger partial charge in [-0.2, -0.15) is 0 Å². The fourth-order valence-electron chi connectivity index (χ4n) is 1.71. The van der Waals surface area contributed by atoms with Crippen LogP contribution in [0.4, 0.5) is 0 Å². The van der Waals surface area contributed by atoms with Gasteiger partial charge in [0.05, 0.1) is 6.20 Å². The van der Waals surface area contributed by atoms with Crippen LogP contribution in [0.25, 0.3) is 23.1 Å². The number of nitrogens with one attached hydrogen (secondary N) is 1. The second kappa shape index (κ2) is 3.70. The Morgan fingerprint density at radius 1 is 1.19 bits per heavy atom. The molecule has 2 aromatic heterocycles. The number of aromatic amines is 1. The molecule has 0 bridgehead atoms. The molecular weight excluding hydrogens is 200 g/mol. The number of hydrogen-bond donors (Lipinski definition) is 1. The molecule has 16 heavy (non-hydrogen) atoms. The standard InChI is InChI=1S/C13H10N2O/c1-2-4-13-12(3-1)11(8-14-13)6-5-10-7-15-16-9-10/h1-9,14H/b6-5+. The Morgan fingerprint density at radius 3 is 3.00 bits per heavy atom. The summed E-state index contributed by atoms with van der Waals surface area (Å²) < 4.78 is 4.76. The normalized spacial score (nSPS) is 11.5. The summed E-state index contributed by atoms with van der Waals surface area (Å²) in [6.07, 6.45) is 9.32. The largest absolute Gasteiger partial charge is 0.364 e. The predicted molar refractivity (Wildman–Crippen MR) is 63.7 cm³/mol. The van der Waals surface area contributed by atoms with E-state index in [1.807, 2.05) is 30.5 Å². The summed E-state index contributed by atoms with van der Waals surface area (Å²) in [4.78, 5) is 3.23. The monoisotopic (exact) mass is 210 g/mol. The predicted octanol–water partition coefficient (Wildman–Crippen LogP) is 3.33. The van der Waals surface area contributed by atoms with Crippen molar-refractivity contribution >= 4 is 23.1 Å². The van der Waals surface area contributed by atoms with Gasteiger partial charge < -0.3 is 9.51 Å². The molecule has 0 aliphatic heterocycles. The maximum absolute atomic E-state index is 4.76. The Balaban J connectivity index is 2.01. The first-order valence-electron chi connectivity index (χ1n) is 5.07. The average molecular weight is 210 g/mol. The number of benzene rings is 1. The van der Waals surface area contributed by atoms with Crippen LogP contribution in [0, 0.1) is 0 Å². The van der Waals surface area contributed by atoms with Crippen LogP contribution in [0.1, 0.15) is 11.1 Å². The summed E-state index contributed by atoms with van der Waals surface area (Å²) in [7, 11) is 0. The summed E-state index contributed by atoms with van der Waals surface area (Å²) in [5.41, 5.74) is 3.27. The summed E-state index contributed by atoms with van der Waals surface area (Å²) in [6.45, 7) is 0. The maximum atomic E-state index is 4.76. The van der Waals surface area contributed by atoms with Gasteiger partial charge in [-0.05, 0) is 17.7 Å². The number of para-hydroxylation sites is 1. The van der Waals surface area contributed by atoms with Crippen molar-refractivity contribution in [3.63, 3.8) is 0 Å². The molecule has 0 spiro atoms. The first-order valence-corrected chi connectivity index (χ1v) is 5.07. The lowest BCUT2D eigenvalue weighted by atomic mass is 10.1. The van der Waals surface area contributed by atoms with E-state index in [0.717, 1.165) is 16.6 Å². The van der Waals surface area contributed by atoms with Crippen molar-refractivity contribution in [2.24, 2.45) is 0 Å². The summed E-state index contributed by atoms with van der Waals surface area (Å²) in [5, 5.41) is 4.87. The molecule has 3 aromatic rings. The number of hydrogen-bond acceptors (Lipinski definition) is 2. The molecule has 3 rings (SSSR count). The van der Waals surface area contributed by atoms with Gasteiger partial charge in [0, 0.05) is 22.7 Å². The highest BCUT2D eigenvalue weighted by Crippen LogP contribution is 2.19. The Hall–Kier alpha value is -2.29. The first-order chi connectivity index (χ1) is 7.93. The number of rotatable bonds is 2. The zero-order chi connectivity index (χ0) is 10.8. The lowest BCUT2D eigenvalue weighted by molar-refractivity contribution is 0.419. The average Bonchev–Trinajstić information content (AvgIpc) is 2.96.